The van der Waals surface area contributed by atoms with Gasteiger partial charge in [0.2, 0.25) is 5.91 Å². The summed E-state index contributed by atoms with van der Waals surface area (Å²) in [5, 5.41) is 14.4. The third-order valence-electron chi connectivity index (χ3n) is 4.59. The van der Waals surface area contributed by atoms with Crippen LogP contribution in [0.2, 0.25) is 0 Å². The first-order valence-electron chi connectivity index (χ1n) is 7.63. The number of anilines is 1. The van der Waals surface area contributed by atoms with Crippen LogP contribution in [0.1, 0.15) is 38.5 Å². The van der Waals surface area contributed by atoms with Crippen molar-refractivity contribution in [3.05, 3.63) is 24.4 Å². The Morgan fingerprint density at radius 1 is 1.33 bits per heavy atom. The van der Waals surface area contributed by atoms with Gasteiger partial charge in [-0.15, -0.1) is 0 Å². The average molecular weight is 286 g/mol. The summed E-state index contributed by atoms with van der Waals surface area (Å²) in [6.07, 6.45) is 8.11. The second kappa shape index (κ2) is 5.85. The largest absolute Gasteiger partial charge is 0.324 e. The number of nitrogens with one attached hydrogen (secondary N) is 3. The zero-order valence-corrected chi connectivity index (χ0v) is 12.4. The van der Waals surface area contributed by atoms with Crippen LogP contribution in [0.5, 0.6) is 0 Å². The van der Waals surface area contributed by atoms with E-state index in [0.29, 0.717) is 6.42 Å². The number of carbonyl (C=O) groups is 1. The second-order valence-electron chi connectivity index (χ2n) is 5.96. The number of hydrogen-bond acceptors (Lipinski definition) is 3. The second-order valence-corrected chi connectivity index (χ2v) is 5.96. The molecular formula is C16H22N4O. The van der Waals surface area contributed by atoms with Gasteiger partial charge in [-0.1, -0.05) is 31.4 Å². The number of carbonyl (C=O) groups excluding carboxylic acids is 1. The minimum absolute atomic E-state index is 0.0375. The van der Waals surface area contributed by atoms with E-state index in [-0.39, 0.29) is 11.4 Å². The SMILES string of the molecule is CNC1(CC(=O)Nc2cccc3cn[nH]c23)CCCCC1. The first-order valence-corrected chi connectivity index (χ1v) is 7.63. The summed E-state index contributed by atoms with van der Waals surface area (Å²) in [6.45, 7) is 0. The lowest BCUT2D eigenvalue weighted by Crippen LogP contribution is -2.47. The van der Waals surface area contributed by atoms with Crippen molar-refractivity contribution in [1.29, 1.82) is 0 Å². The van der Waals surface area contributed by atoms with Gasteiger partial charge in [-0.3, -0.25) is 9.89 Å². The molecule has 1 aliphatic rings. The summed E-state index contributed by atoms with van der Waals surface area (Å²) < 4.78 is 0. The van der Waals surface area contributed by atoms with Gasteiger partial charge >= 0.3 is 0 Å². The molecule has 21 heavy (non-hydrogen) atoms. The highest BCUT2D eigenvalue weighted by Gasteiger charge is 2.32. The minimum atomic E-state index is -0.0375. The van der Waals surface area contributed by atoms with Crippen molar-refractivity contribution in [1.82, 2.24) is 15.5 Å². The molecule has 1 amide bonds. The maximum Gasteiger partial charge on any atom is 0.226 e. The van der Waals surface area contributed by atoms with E-state index in [4.69, 9.17) is 0 Å². The zero-order chi connectivity index (χ0) is 14.7. The molecule has 112 valence electrons. The smallest absolute Gasteiger partial charge is 0.226 e. The third-order valence-corrected chi connectivity index (χ3v) is 4.59. The summed E-state index contributed by atoms with van der Waals surface area (Å²) in [6, 6.07) is 5.82. The molecular weight excluding hydrogens is 264 g/mol. The summed E-state index contributed by atoms with van der Waals surface area (Å²) >= 11 is 0. The van der Waals surface area contributed by atoms with E-state index in [1.807, 2.05) is 25.2 Å². The van der Waals surface area contributed by atoms with E-state index in [1.165, 1.54) is 19.3 Å². The van der Waals surface area contributed by atoms with E-state index < -0.39 is 0 Å². The Morgan fingerprint density at radius 3 is 2.90 bits per heavy atom. The standard InChI is InChI=1S/C16H22N4O/c1-17-16(8-3-2-4-9-16)10-14(21)19-13-7-5-6-12-11-18-20-15(12)13/h5-7,11,17H,2-4,8-10H2,1H3,(H,18,20)(H,19,21). The Labute approximate surface area is 124 Å². The first kappa shape index (κ1) is 14.1. The fourth-order valence-corrected chi connectivity index (χ4v) is 3.32. The number of amides is 1. The van der Waals surface area contributed by atoms with Crippen LogP contribution in [0, 0.1) is 0 Å². The summed E-state index contributed by atoms with van der Waals surface area (Å²) in [7, 11) is 1.97. The molecule has 1 aromatic heterocycles. The summed E-state index contributed by atoms with van der Waals surface area (Å²) in [4.78, 5) is 12.4. The molecule has 0 saturated heterocycles. The molecule has 0 bridgehead atoms. The van der Waals surface area contributed by atoms with Crippen LogP contribution < -0.4 is 10.6 Å². The number of fused-ring (bicyclic) bond motifs is 1. The van der Waals surface area contributed by atoms with Crippen LogP contribution in [0.15, 0.2) is 24.4 Å². The Balaban J connectivity index is 1.72. The fourth-order valence-electron chi connectivity index (χ4n) is 3.32. The highest BCUT2D eigenvalue weighted by Crippen LogP contribution is 2.31. The van der Waals surface area contributed by atoms with Crippen LogP contribution in [0.4, 0.5) is 5.69 Å². The maximum atomic E-state index is 12.4. The lowest BCUT2D eigenvalue weighted by atomic mass is 9.79. The van der Waals surface area contributed by atoms with Gasteiger partial charge in [0, 0.05) is 17.3 Å². The van der Waals surface area contributed by atoms with E-state index in [2.05, 4.69) is 20.8 Å². The quantitative estimate of drug-likeness (QED) is 0.809. The van der Waals surface area contributed by atoms with Gasteiger partial charge < -0.3 is 10.6 Å². The molecule has 0 unspecified atom stereocenters. The van der Waals surface area contributed by atoms with Crippen LogP contribution in [-0.2, 0) is 4.79 Å². The molecule has 0 aliphatic heterocycles. The molecule has 0 spiro atoms. The molecule has 1 fully saturated rings. The molecule has 5 heteroatoms. The van der Waals surface area contributed by atoms with Gasteiger partial charge in [-0.05, 0) is 26.0 Å². The van der Waals surface area contributed by atoms with Gasteiger partial charge in [0.1, 0.15) is 0 Å². The number of para-hydroxylation sites is 1. The number of aromatic amines is 1. The monoisotopic (exact) mass is 286 g/mol. The Bertz CT molecular complexity index is 628. The van der Waals surface area contributed by atoms with Crippen molar-refractivity contribution >= 4 is 22.5 Å². The average Bonchev–Trinajstić information content (AvgIpc) is 2.98. The lowest BCUT2D eigenvalue weighted by molar-refractivity contribution is -0.117. The van der Waals surface area contributed by atoms with Crippen LogP contribution in [0.3, 0.4) is 0 Å². The van der Waals surface area contributed by atoms with Crippen LogP contribution >= 0.6 is 0 Å². The molecule has 0 radical (unpaired) electrons. The molecule has 5 nitrogen and oxygen atoms in total. The Morgan fingerprint density at radius 2 is 2.14 bits per heavy atom. The molecule has 1 saturated carbocycles. The van der Waals surface area contributed by atoms with Gasteiger partial charge in [-0.25, -0.2) is 0 Å². The van der Waals surface area contributed by atoms with Gasteiger partial charge in [0.15, 0.2) is 0 Å². The molecule has 1 heterocycles. The molecule has 0 atom stereocenters. The summed E-state index contributed by atoms with van der Waals surface area (Å²) in [5.74, 6) is 0.0633. The highest BCUT2D eigenvalue weighted by molar-refractivity contribution is 6.00. The topological polar surface area (TPSA) is 69.8 Å². The van der Waals surface area contributed by atoms with E-state index in [1.54, 1.807) is 6.20 Å². The van der Waals surface area contributed by atoms with Crippen molar-refractivity contribution in [2.75, 3.05) is 12.4 Å². The zero-order valence-electron chi connectivity index (χ0n) is 12.4. The highest BCUT2D eigenvalue weighted by atomic mass is 16.1. The van der Waals surface area contributed by atoms with Crippen molar-refractivity contribution < 1.29 is 4.79 Å². The minimum Gasteiger partial charge on any atom is -0.324 e. The first-order chi connectivity index (χ1) is 10.2. The number of benzene rings is 1. The fraction of sp³-hybridized carbons (Fsp3) is 0.500. The van der Waals surface area contributed by atoms with Gasteiger partial charge in [0.25, 0.3) is 0 Å². The number of aromatic nitrogens is 2. The Hall–Kier alpha value is -1.88. The van der Waals surface area contributed by atoms with Crippen LogP contribution in [0.25, 0.3) is 10.9 Å². The Kier molecular flexibility index (Phi) is 3.92. The van der Waals surface area contributed by atoms with Crippen molar-refractivity contribution in [2.45, 2.75) is 44.1 Å². The van der Waals surface area contributed by atoms with Crippen molar-refractivity contribution in [3.63, 3.8) is 0 Å². The predicted molar refractivity (Wildman–Crippen MR) is 84.2 cm³/mol. The number of hydrogen-bond donors (Lipinski definition) is 3. The van der Waals surface area contributed by atoms with E-state index in [0.717, 1.165) is 29.4 Å². The molecule has 2 aromatic rings. The van der Waals surface area contributed by atoms with E-state index in [9.17, 15) is 4.79 Å². The molecule has 3 N–H and O–H groups in total. The lowest BCUT2D eigenvalue weighted by Gasteiger charge is -2.36. The van der Waals surface area contributed by atoms with E-state index >= 15 is 0 Å². The molecule has 1 aromatic carbocycles. The number of nitrogens with zero attached hydrogens (tertiary/aromatic N) is 1. The van der Waals surface area contributed by atoms with Crippen LogP contribution in [-0.4, -0.2) is 28.7 Å². The van der Waals surface area contributed by atoms with Crippen molar-refractivity contribution in [3.8, 4) is 0 Å². The van der Waals surface area contributed by atoms with Gasteiger partial charge in [0.05, 0.1) is 17.4 Å². The normalized spacial score (nSPS) is 17.8. The third kappa shape index (κ3) is 2.93. The number of rotatable bonds is 4. The number of H-pyrrole nitrogens is 1. The summed E-state index contributed by atoms with van der Waals surface area (Å²) in [5.41, 5.74) is 1.65. The van der Waals surface area contributed by atoms with Gasteiger partial charge in [-0.2, -0.15) is 5.10 Å². The molecule has 3 rings (SSSR count). The molecule has 1 aliphatic carbocycles. The van der Waals surface area contributed by atoms with Crippen molar-refractivity contribution in [2.24, 2.45) is 0 Å². The predicted octanol–water partition coefficient (Wildman–Crippen LogP) is 2.81. The maximum absolute atomic E-state index is 12.4.